The molecule has 1 aromatic heterocycles. The lowest BCUT2D eigenvalue weighted by molar-refractivity contribution is -0.116. The average molecular weight is 386 g/mol. The van der Waals surface area contributed by atoms with Crippen LogP contribution in [0.3, 0.4) is 0 Å². The number of nitrogens with zero attached hydrogens (tertiary/aromatic N) is 2. The molecule has 0 saturated carbocycles. The fraction of sp³-hybridized carbons (Fsp3) is 0.429. The lowest BCUT2D eigenvalue weighted by Gasteiger charge is -2.35. The van der Waals surface area contributed by atoms with Crippen molar-refractivity contribution in [2.24, 2.45) is 0 Å². The molecule has 144 valence electrons. The van der Waals surface area contributed by atoms with E-state index in [1.165, 1.54) is 17.0 Å². The molecule has 27 heavy (non-hydrogen) atoms. The lowest BCUT2D eigenvalue weighted by atomic mass is 10.1. The summed E-state index contributed by atoms with van der Waals surface area (Å²) in [5.74, 6) is -0.0896. The summed E-state index contributed by atoms with van der Waals surface area (Å²) >= 11 is 1.48. The highest BCUT2D eigenvalue weighted by atomic mass is 32.1. The fourth-order valence-corrected chi connectivity index (χ4v) is 4.13. The molecule has 0 spiro atoms. The van der Waals surface area contributed by atoms with Gasteiger partial charge in [0.1, 0.15) is 0 Å². The molecule has 5 nitrogen and oxygen atoms in total. The van der Waals surface area contributed by atoms with E-state index in [4.69, 9.17) is 0 Å². The van der Waals surface area contributed by atoms with Crippen LogP contribution in [0.2, 0.25) is 0 Å². The first kappa shape index (κ1) is 19.6. The van der Waals surface area contributed by atoms with Crippen LogP contribution < -0.4 is 10.2 Å². The maximum atomic E-state index is 12.2. The molecule has 1 fully saturated rings. The van der Waals surface area contributed by atoms with E-state index in [1.807, 2.05) is 31.2 Å². The maximum absolute atomic E-state index is 12.2. The number of amides is 1. The van der Waals surface area contributed by atoms with E-state index in [0.29, 0.717) is 0 Å². The summed E-state index contributed by atoms with van der Waals surface area (Å²) in [5.41, 5.74) is 3.17. The number of piperazine rings is 1. The number of carbonyl (C=O) groups excluding carboxylic acids is 2. The van der Waals surface area contributed by atoms with Gasteiger partial charge >= 0.3 is 0 Å². The molecule has 2 heterocycles. The van der Waals surface area contributed by atoms with Gasteiger partial charge in [0, 0.05) is 55.3 Å². The smallest absolute Gasteiger partial charge is 0.224 e. The summed E-state index contributed by atoms with van der Waals surface area (Å²) in [4.78, 5) is 30.9. The molecule has 0 aliphatic carbocycles. The minimum absolute atomic E-state index is 0.0323. The molecule has 6 heteroatoms. The Hall–Kier alpha value is -2.18. The van der Waals surface area contributed by atoms with Crippen molar-refractivity contribution in [1.29, 1.82) is 0 Å². The minimum atomic E-state index is -0.122. The summed E-state index contributed by atoms with van der Waals surface area (Å²) in [7, 11) is 2.15. The van der Waals surface area contributed by atoms with Gasteiger partial charge in [0.15, 0.2) is 5.78 Å². The number of Topliss-reactive ketones (excluding diaryl/α,β-unsaturated/α-hetero) is 1. The second-order valence-corrected chi connectivity index (χ2v) is 8.46. The number of rotatable bonds is 6. The third-order valence-corrected chi connectivity index (χ3v) is 5.96. The van der Waals surface area contributed by atoms with Gasteiger partial charge in [-0.3, -0.25) is 9.59 Å². The van der Waals surface area contributed by atoms with Crippen molar-refractivity contribution in [2.75, 3.05) is 43.4 Å². The SMILES string of the molecule is Cc1ccc(C(=O)CCC(=O)Nc2ccc(N3CCN(C)CC3)c(C)c2)s1. The number of hydrogen-bond acceptors (Lipinski definition) is 5. The predicted molar refractivity (Wildman–Crippen MR) is 112 cm³/mol. The highest BCUT2D eigenvalue weighted by Crippen LogP contribution is 2.25. The fourth-order valence-electron chi connectivity index (χ4n) is 3.29. The highest BCUT2D eigenvalue weighted by Gasteiger charge is 2.16. The van der Waals surface area contributed by atoms with E-state index >= 15 is 0 Å². The zero-order valence-electron chi connectivity index (χ0n) is 16.2. The van der Waals surface area contributed by atoms with Gasteiger partial charge in [-0.2, -0.15) is 0 Å². The molecule has 1 saturated heterocycles. The molecule has 0 unspecified atom stereocenters. The van der Waals surface area contributed by atoms with E-state index in [1.54, 1.807) is 0 Å². The Labute approximate surface area is 165 Å². The van der Waals surface area contributed by atoms with E-state index in [9.17, 15) is 9.59 Å². The second kappa shape index (κ2) is 8.67. The quantitative estimate of drug-likeness (QED) is 0.770. The summed E-state index contributed by atoms with van der Waals surface area (Å²) in [6.45, 7) is 8.22. The lowest BCUT2D eigenvalue weighted by Crippen LogP contribution is -2.44. The molecule has 0 radical (unpaired) electrons. The number of hydrogen-bond donors (Lipinski definition) is 1. The van der Waals surface area contributed by atoms with Gasteiger partial charge < -0.3 is 15.1 Å². The van der Waals surface area contributed by atoms with Crippen LogP contribution in [-0.2, 0) is 4.79 Å². The van der Waals surface area contributed by atoms with Crippen molar-refractivity contribution in [2.45, 2.75) is 26.7 Å². The average Bonchev–Trinajstić information content (AvgIpc) is 3.07. The van der Waals surface area contributed by atoms with Gasteiger partial charge in [-0.25, -0.2) is 0 Å². The van der Waals surface area contributed by atoms with Crippen LogP contribution >= 0.6 is 11.3 Å². The second-order valence-electron chi connectivity index (χ2n) is 7.17. The Balaban J connectivity index is 1.53. The first-order chi connectivity index (χ1) is 12.9. The van der Waals surface area contributed by atoms with Gasteiger partial charge in [0.25, 0.3) is 0 Å². The van der Waals surface area contributed by atoms with Crippen LogP contribution in [0.5, 0.6) is 0 Å². The van der Waals surface area contributed by atoms with Gasteiger partial charge in [-0.15, -0.1) is 11.3 Å². The number of likely N-dealkylation sites (N-methyl/N-ethyl adjacent to an activating group) is 1. The maximum Gasteiger partial charge on any atom is 0.224 e. The van der Waals surface area contributed by atoms with Crippen LogP contribution in [0.1, 0.15) is 33.0 Å². The van der Waals surface area contributed by atoms with Gasteiger partial charge in [-0.1, -0.05) is 0 Å². The molecule has 1 aliphatic rings. The Bertz CT molecular complexity index is 823. The number of thiophene rings is 1. The van der Waals surface area contributed by atoms with Gasteiger partial charge in [-0.05, 0) is 56.8 Å². The van der Waals surface area contributed by atoms with Crippen LogP contribution in [0, 0.1) is 13.8 Å². The first-order valence-electron chi connectivity index (χ1n) is 9.36. The van der Waals surface area contributed by atoms with E-state index in [0.717, 1.165) is 47.2 Å². The van der Waals surface area contributed by atoms with Crippen molar-refractivity contribution in [1.82, 2.24) is 4.90 Å². The third kappa shape index (κ3) is 5.17. The molecular formula is C21H27N3O2S. The van der Waals surface area contributed by atoms with Gasteiger partial charge in [0.05, 0.1) is 4.88 Å². The van der Waals surface area contributed by atoms with E-state index in [-0.39, 0.29) is 24.5 Å². The van der Waals surface area contributed by atoms with Crippen LogP contribution in [0.4, 0.5) is 11.4 Å². The summed E-state index contributed by atoms with van der Waals surface area (Å²) in [6.07, 6.45) is 0.444. The number of anilines is 2. The number of nitrogens with one attached hydrogen (secondary N) is 1. The number of carbonyl (C=O) groups is 2. The molecule has 3 rings (SSSR count). The number of ketones is 1. The monoisotopic (exact) mass is 385 g/mol. The molecule has 1 amide bonds. The van der Waals surface area contributed by atoms with Crippen molar-refractivity contribution in [3.05, 3.63) is 45.6 Å². The van der Waals surface area contributed by atoms with E-state index in [2.05, 4.69) is 35.2 Å². The van der Waals surface area contributed by atoms with Crippen molar-refractivity contribution in [3.8, 4) is 0 Å². The number of aryl methyl sites for hydroxylation is 2. The molecule has 2 aromatic rings. The Morgan fingerprint density at radius 2 is 1.78 bits per heavy atom. The Morgan fingerprint density at radius 1 is 1.04 bits per heavy atom. The van der Waals surface area contributed by atoms with Crippen LogP contribution in [0.25, 0.3) is 0 Å². The molecule has 1 aromatic carbocycles. The van der Waals surface area contributed by atoms with Gasteiger partial charge in [0.2, 0.25) is 5.91 Å². The number of benzene rings is 1. The summed E-state index contributed by atoms with van der Waals surface area (Å²) < 4.78 is 0. The molecular weight excluding hydrogens is 358 g/mol. The first-order valence-corrected chi connectivity index (χ1v) is 10.2. The Morgan fingerprint density at radius 3 is 2.41 bits per heavy atom. The summed E-state index contributed by atoms with van der Waals surface area (Å²) in [5, 5.41) is 2.92. The predicted octanol–water partition coefficient (Wildman–Crippen LogP) is 3.72. The minimum Gasteiger partial charge on any atom is -0.369 e. The van der Waals surface area contributed by atoms with Crippen molar-refractivity contribution < 1.29 is 9.59 Å². The zero-order valence-corrected chi connectivity index (χ0v) is 17.1. The topological polar surface area (TPSA) is 52.7 Å². The van der Waals surface area contributed by atoms with Crippen LogP contribution in [0.15, 0.2) is 30.3 Å². The third-order valence-electron chi connectivity index (χ3n) is 4.92. The van der Waals surface area contributed by atoms with Crippen molar-refractivity contribution >= 4 is 34.4 Å². The normalized spacial score (nSPS) is 15.0. The Kier molecular flexibility index (Phi) is 6.29. The summed E-state index contributed by atoms with van der Waals surface area (Å²) in [6, 6.07) is 9.80. The molecule has 1 aliphatic heterocycles. The highest BCUT2D eigenvalue weighted by molar-refractivity contribution is 7.14. The molecule has 0 atom stereocenters. The molecule has 1 N–H and O–H groups in total. The van der Waals surface area contributed by atoms with E-state index < -0.39 is 0 Å². The van der Waals surface area contributed by atoms with Crippen LogP contribution in [-0.4, -0.2) is 49.8 Å². The van der Waals surface area contributed by atoms with Crippen molar-refractivity contribution in [3.63, 3.8) is 0 Å². The standard InChI is InChI=1S/C21H27N3O2S/c1-15-14-17(5-6-18(15)24-12-10-23(3)11-13-24)22-21(26)9-7-19(25)20-8-4-16(2)27-20/h4-6,8,14H,7,9-13H2,1-3H3,(H,22,26). The zero-order chi connectivity index (χ0) is 19.4. The largest absolute Gasteiger partial charge is 0.369 e. The molecule has 0 bridgehead atoms.